The molecule has 1 N–H and O–H groups in total. The number of hydrogen-bond acceptors (Lipinski definition) is 4. The number of carbonyl (C=O) groups excluding carboxylic acids is 1. The summed E-state index contributed by atoms with van der Waals surface area (Å²) in [5.41, 5.74) is 3.55. The van der Waals surface area contributed by atoms with Gasteiger partial charge in [-0.15, -0.1) is 16.8 Å². The molecule has 1 aromatic carbocycles. The number of allylic oxidation sites excluding steroid dienone is 5. The van der Waals surface area contributed by atoms with Crippen LogP contribution in [0.15, 0.2) is 71.6 Å². The van der Waals surface area contributed by atoms with E-state index in [9.17, 15) is 4.79 Å². The Balaban J connectivity index is 1.64. The second kappa shape index (κ2) is 9.27. The third-order valence-corrected chi connectivity index (χ3v) is 5.77. The summed E-state index contributed by atoms with van der Waals surface area (Å²) >= 11 is 1.39. The van der Waals surface area contributed by atoms with Crippen LogP contribution in [0.4, 0.5) is 0 Å². The van der Waals surface area contributed by atoms with Gasteiger partial charge in [0.25, 0.3) is 0 Å². The smallest absolute Gasteiger partial charge is 0.234 e. The highest BCUT2D eigenvalue weighted by atomic mass is 32.2. The molecule has 0 saturated carbocycles. The second-order valence-corrected chi connectivity index (χ2v) is 8.98. The Bertz CT molecular complexity index is 936. The number of nitrogens with one attached hydrogen (secondary N) is 1. The molecule has 2 aromatic rings. The summed E-state index contributed by atoms with van der Waals surface area (Å²) in [5, 5.41) is 12.4. The lowest BCUT2D eigenvalue weighted by atomic mass is 9.81. The third-order valence-electron chi connectivity index (χ3n) is 4.81. The van der Waals surface area contributed by atoms with Crippen molar-refractivity contribution in [3.63, 3.8) is 0 Å². The number of benzene rings is 1. The molecule has 0 radical (unpaired) electrons. The predicted molar refractivity (Wildman–Crippen MR) is 119 cm³/mol. The standard InChI is InChI=1S/C23H28N4OS/c1-5-15-27-21(17-9-7-6-8-10-17)25-26-22(27)29-16-20(28)24-19-13-11-18(12-14-19)23(2,3)4/h5-11,13H,1,12,14-16H2,2-4H3,(H,24,28). The molecular formula is C23H28N4OS. The Morgan fingerprint density at radius 1 is 1.21 bits per heavy atom. The van der Waals surface area contributed by atoms with Gasteiger partial charge in [-0.05, 0) is 24.3 Å². The van der Waals surface area contributed by atoms with Gasteiger partial charge in [-0.3, -0.25) is 9.36 Å². The average molecular weight is 409 g/mol. The summed E-state index contributed by atoms with van der Waals surface area (Å²) in [5.74, 6) is 1.04. The number of thioether (sulfide) groups is 1. The molecule has 1 heterocycles. The van der Waals surface area contributed by atoms with Crippen molar-refractivity contribution < 1.29 is 4.79 Å². The van der Waals surface area contributed by atoms with E-state index in [1.54, 1.807) is 0 Å². The molecule has 3 rings (SSSR count). The normalized spacial score (nSPS) is 14.2. The van der Waals surface area contributed by atoms with Crippen LogP contribution in [0.5, 0.6) is 0 Å². The zero-order valence-electron chi connectivity index (χ0n) is 17.3. The van der Waals surface area contributed by atoms with Gasteiger partial charge in [-0.25, -0.2) is 0 Å². The Kier molecular flexibility index (Phi) is 6.75. The molecule has 1 aliphatic carbocycles. The molecule has 0 saturated heterocycles. The highest BCUT2D eigenvalue weighted by molar-refractivity contribution is 7.99. The molecule has 152 valence electrons. The van der Waals surface area contributed by atoms with Crippen LogP contribution in [-0.2, 0) is 11.3 Å². The maximum absolute atomic E-state index is 12.4. The Labute approximate surface area is 177 Å². The van der Waals surface area contributed by atoms with Crippen LogP contribution in [-0.4, -0.2) is 26.4 Å². The van der Waals surface area contributed by atoms with Crippen molar-refractivity contribution >= 4 is 17.7 Å². The summed E-state index contributed by atoms with van der Waals surface area (Å²) in [4.78, 5) is 12.4. The van der Waals surface area contributed by atoms with Crippen molar-refractivity contribution in [2.24, 2.45) is 5.41 Å². The molecule has 1 aliphatic rings. The van der Waals surface area contributed by atoms with Gasteiger partial charge in [-0.1, -0.05) is 80.6 Å². The number of carbonyl (C=O) groups is 1. The average Bonchev–Trinajstić information content (AvgIpc) is 3.10. The first-order valence-corrected chi connectivity index (χ1v) is 10.8. The summed E-state index contributed by atoms with van der Waals surface area (Å²) in [6.07, 6.45) is 7.83. The first kappa shape index (κ1) is 21.1. The van der Waals surface area contributed by atoms with Gasteiger partial charge < -0.3 is 5.32 Å². The number of nitrogens with zero attached hydrogens (tertiary/aromatic N) is 3. The lowest BCUT2D eigenvalue weighted by Crippen LogP contribution is -2.26. The first-order valence-electron chi connectivity index (χ1n) is 9.81. The largest absolute Gasteiger partial charge is 0.329 e. The van der Waals surface area contributed by atoms with E-state index in [1.807, 2.05) is 47.1 Å². The number of hydrogen-bond donors (Lipinski definition) is 1. The van der Waals surface area contributed by atoms with Gasteiger partial charge in [0, 0.05) is 17.8 Å². The van der Waals surface area contributed by atoms with Crippen molar-refractivity contribution in [3.05, 3.63) is 66.4 Å². The van der Waals surface area contributed by atoms with E-state index in [0.29, 0.717) is 11.7 Å². The maximum atomic E-state index is 12.4. The Morgan fingerprint density at radius 2 is 1.97 bits per heavy atom. The molecule has 29 heavy (non-hydrogen) atoms. The fourth-order valence-corrected chi connectivity index (χ4v) is 3.95. The van der Waals surface area contributed by atoms with Crippen molar-refractivity contribution in [3.8, 4) is 11.4 Å². The maximum Gasteiger partial charge on any atom is 0.234 e. The third kappa shape index (κ3) is 5.48. The van der Waals surface area contributed by atoms with Gasteiger partial charge in [0.05, 0.1) is 5.75 Å². The molecular weight excluding hydrogens is 380 g/mol. The summed E-state index contributed by atoms with van der Waals surface area (Å²) in [7, 11) is 0. The van der Waals surface area contributed by atoms with Gasteiger partial charge in [0.15, 0.2) is 11.0 Å². The topological polar surface area (TPSA) is 59.8 Å². The zero-order chi connectivity index (χ0) is 20.9. The minimum absolute atomic E-state index is 0.0247. The summed E-state index contributed by atoms with van der Waals surface area (Å²) in [6, 6.07) is 9.91. The van der Waals surface area contributed by atoms with Crippen LogP contribution in [0.1, 0.15) is 33.6 Å². The van der Waals surface area contributed by atoms with Crippen LogP contribution in [0.2, 0.25) is 0 Å². The Hall–Kier alpha value is -2.60. The number of aromatic nitrogens is 3. The van der Waals surface area contributed by atoms with Crippen LogP contribution >= 0.6 is 11.8 Å². The molecule has 0 unspecified atom stereocenters. The lowest BCUT2D eigenvalue weighted by molar-refractivity contribution is -0.117. The van der Waals surface area contributed by atoms with Gasteiger partial charge in [0.1, 0.15) is 0 Å². The van der Waals surface area contributed by atoms with E-state index < -0.39 is 0 Å². The monoisotopic (exact) mass is 408 g/mol. The highest BCUT2D eigenvalue weighted by Gasteiger charge is 2.20. The van der Waals surface area contributed by atoms with Gasteiger partial charge in [-0.2, -0.15) is 0 Å². The van der Waals surface area contributed by atoms with Crippen LogP contribution in [0.3, 0.4) is 0 Å². The number of amides is 1. The van der Waals surface area contributed by atoms with E-state index in [0.717, 1.165) is 29.9 Å². The molecule has 1 aromatic heterocycles. The van der Waals surface area contributed by atoms with Crippen molar-refractivity contribution in [2.75, 3.05) is 5.75 Å². The van der Waals surface area contributed by atoms with Crippen LogP contribution in [0, 0.1) is 5.41 Å². The minimum Gasteiger partial charge on any atom is -0.329 e. The zero-order valence-corrected chi connectivity index (χ0v) is 18.1. The van der Waals surface area contributed by atoms with Crippen molar-refractivity contribution in [2.45, 2.75) is 45.3 Å². The lowest BCUT2D eigenvalue weighted by Gasteiger charge is -2.26. The van der Waals surface area contributed by atoms with Gasteiger partial charge >= 0.3 is 0 Å². The van der Waals surface area contributed by atoms with Crippen molar-refractivity contribution in [1.29, 1.82) is 0 Å². The van der Waals surface area contributed by atoms with E-state index in [4.69, 9.17) is 0 Å². The first-order chi connectivity index (χ1) is 13.9. The summed E-state index contributed by atoms with van der Waals surface area (Å²) < 4.78 is 1.98. The van der Waals surface area contributed by atoms with E-state index >= 15 is 0 Å². The van der Waals surface area contributed by atoms with Crippen molar-refractivity contribution in [1.82, 2.24) is 20.1 Å². The minimum atomic E-state index is -0.0247. The van der Waals surface area contributed by atoms with Crippen LogP contribution < -0.4 is 5.32 Å². The van der Waals surface area contributed by atoms with E-state index in [2.05, 4.69) is 48.9 Å². The molecule has 0 spiro atoms. The fourth-order valence-electron chi connectivity index (χ4n) is 3.20. The summed E-state index contributed by atoms with van der Waals surface area (Å²) in [6.45, 7) is 11.1. The van der Waals surface area contributed by atoms with Crippen LogP contribution in [0.25, 0.3) is 11.4 Å². The molecule has 5 nitrogen and oxygen atoms in total. The quantitative estimate of drug-likeness (QED) is 0.518. The van der Waals surface area contributed by atoms with E-state index in [-0.39, 0.29) is 17.1 Å². The molecule has 0 bridgehead atoms. The fraction of sp³-hybridized carbons (Fsp3) is 0.348. The van der Waals surface area contributed by atoms with Gasteiger partial charge in [0.2, 0.25) is 5.91 Å². The Morgan fingerprint density at radius 3 is 2.59 bits per heavy atom. The molecule has 0 fully saturated rings. The number of rotatable bonds is 7. The molecule has 6 heteroatoms. The SMILES string of the molecule is C=CCn1c(SCC(=O)NC2=CC=C(C(C)(C)C)CC2)nnc1-c1ccccc1. The molecule has 0 atom stereocenters. The highest BCUT2D eigenvalue weighted by Crippen LogP contribution is 2.32. The second-order valence-electron chi connectivity index (χ2n) is 8.04. The van der Waals surface area contributed by atoms with E-state index in [1.165, 1.54) is 17.3 Å². The predicted octanol–water partition coefficient (Wildman–Crippen LogP) is 4.99. The molecule has 0 aliphatic heterocycles. The molecule has 1 amide bonds.